The second kappa shape index (κ2) is 19.2. The summed E-state index contributed by atoms with van der Waals surface area (Å²) in [4.78, 5) is 25.5. The number of hydrogen-bond acceptors (Lipinski definition) is 6. The third-order valence-electron chi connectivity index (χ3n) is 10.2. The van der Waals surface area contributed by atoms with Crippen LogP contribution in [0.2, 0.25) is 5.04 Å². The Labute approximate surface area is 305 Å². The van der Waals surface area contributed by atoms with Gasteiger partial charge in [0.1, 0.15) is 11.9 Å². The van der Waals surface area contributed by atoms with Crippen LogP contribution in [0.5, 0.6) is 0 Å². The molecule has 0 spiro atoms. The van der Waals surface area contributed by atoms with E-state index in [0.29, 0.717) is 45.1 Å². The molecule has 0 radical (unpaired) electrons. The second-order valence-electron chi connectivity index (χ2n) is 15.0. The van der Waals surface area contributed by atoms with E-state index in [1.807, 2.05) is 55.5 Å². The lowest BCUT2D eigenvalue weighted by Crippen LogP contribution is -2.68. The Morgan fingerprint density at radius 1 is 1.00 bits per heavy atom. The molecule has 2 fully saturated rings. The highest BCUT2D eigenvalue weighted by Crippen LogP contribution is 2.43. The number of rotatable bonds is 18. The molecular formula is C42H58F2O6Si. The van der Waals surface area contributed by atoms with Gasteiger partial charge in [-0.25, -0.2) is 0 Å². The minimum atomic E-state index is -3.29. The lowest BCUT2D eigenvalue weighted by atomic mass is 9.89. The van der Waals surface area contributed by atoms with E-state index in [-0.39, 0.29) is 35.6 Å². The fraction of sp³-hybridized carbons (Fsp3) is 0.571. The van der Waals surface area contributed by atoms with Crippen molar-refractivity contribution < 1.29 is 37.0 Å². The van der Waals surface area contributed by atoms with Gasteiger partial charge in [0.2, 0.25) is 0 Å². The van der Waals surface area contributed by atoms with Crippen molar-refractivity contribution in [1.29, 1.82) is 0 Å². The van der Waals surface area contributed by atoms with Crippen molar-refractivity contribution in [3.63, 3.8) is 0 Å². The molecule has 5 atom stereocenters. The topological polar surface area (TPSA) is 71.1 Å². The van der Waals surface area contributed by atoms with Crippen molar-refractivity contribution in [2.75, 3.05) is 13.7 Å². The molecule has 0 N–H and O–H groups in total. The first-order valence-corrected chi connectivity index (χ1v) is 20.7. The fourth-order valence-electron chi connectivity index (χ4n) is 7.47. The Kier molecular flexibility index (Phi) is 15.4. The molecular weight excluding hydrogens is 667 g/mol. The number of carbonyl (C=O) groups is 2. The van der Waals surface area contributed by atoms with Crippen molar-refractivity contribution in [3.8, 4) is 0 Å². The van der Waals surface area contributed by atoms with E-state index in [0.717, 1.165) is 35.7 Å². The standard InChI is InChI=1S/C42H58F2O6Si/c1-6-7-25-38(49-40-27-18-19-30-48-40)42(43,44)29-28-34-35(24-16-8-9-17-26-39(46)47-5)37(31-36(34)45)50-51(41(2,3)4,32-20-12-10-13-21-32)33-22-14-11-15-23-33/h8,10-16,20-23,28-29,34-35,37-38,40H,6-7,9,17-19,24-27,30-31H2,1-5H3/b16-8+,29-28+/t34-,35-,37+,38?,40?/m1/s1. The monoisotopic (exact) mass is 724 g/mol. The predicted molar refractivity (Wildman–Crippen MR) is 201 cm³/mol. The van der Waals surface area contributed by atoms with Gasteiger partial charge in [-0.05, 0) is 66.4 Å². The Balaban J connectivity index is 1.68. The number of Topliss-reactive ketones (excluding diaryl/α,β-unsaturated/α-hetero) is 1. The molecule has 6 nitrogen and oxygen atoms in total. The van der Waals surface area contributed by atoms with E-state index in [1.54, 1.807) is 0 Å². The predicted octanol–water partition coefficient (Wildman–Crippen LogP) is 8.72. The molecule has 51 heavy (non-hydrogen) atoms. The van der Waals surface area contributed by atoms with Crippen molar-refractivity contribution >= 4 is 30.4 Å². The molecule has 1 aliphatic carbocycles. The van der Waals surface area contributed by atoms with Gasteiger partial charge in [-0.2, -0.15) is 8.78 Å². The molecule has 1 saturated heterocycles. The summed E-state index contributed by atoms with van der Waals surface area (Å²) in [6.07, 6.45) is 10.0. The largest absolute Gasteiger partial charge is 0.469 e. The number of carbonyl (C=O) groups excluding carboxylic acids is 2. The summed E-state index contributed by atoms with van der Waals surface area (Å²) in [7, 11) is -1.67. The van der Waals surface area contributed by atoms with E-state index < -0.39 is 38.7 Å². The van der Waals surface area contributed by atoms with E-state index in [4.69, 9.17) is 18.6 Å². The van der Waals surface area contributed by atoms with Gasteiger partial charge in [0, 0.05) is 31.3 Å². The van der Waals surface area contributed by atoms with Crippen molar-refractivity contribution in [3.05, 3.63) is 85.0 Å². The number of ketones is 1. The van der Waals surface area contributed by atoms with Crippen LogP contribution in [0.25, 0.3) is 0 Å². The van der Waals surface area contributed by atoms with Crippen LogP contribution in [-0.4, -0.2) is 58.2 Å². The number of benzene rings is 2. The third kappa shape index (κ3) is 10.8. The van der Waals surface area contributed by atoms with Gasteiger partial charge in [0.05, 0.1) is 13.2 Å². The number of unbranched alkanes of at least 4 members (excludes halogenated alkanes) is 2. The molecule has 2 aliphatic rings. The first-order chi connectivity index (χ1) is 24.4. The van der Waals surface area contributed by atoms with E-state index in [9.17, 15) is 9.59 Å². The van der Waals surface area contributed by atoms with E-state index in [1.165, 1.54) is 13.2 Å². The molecule has 0 aromatic heterocycles. The lowest BCUT2D eigenvalue weighted by Gasteiger charge is -2.45. The Bertz CT molecular complexity index is 1380. The zero-order valence-corrected chi connectivity index (χ0v) is 32.2. The summed E-state index contributed by atoms with van der Waals surface area (Å²) in [6, 6.07) is 20.5. The van der Waals surface area contributed by atoms with Gasteiger partial charge >= 0.3 is 5.97 Å². The average Bonchev–Trinajstić information content (AvgIpc) is 3.42. The quantitative estimate of drug-likeness (QED) is 0.0663. The first kappa shape index (κ1) is 40.8. The second-order valence-corrected chi connectivity index (χ2v) is 19.2. The molecule has 2 aromatic rings. The summed E-state index contributed by atoms with van der Waals surface area (Å²) in [5.41, 5.74) is 0. The van der Waals surface area contributed by atoms with E-state index >= 15 is 8.78 Å². The number of allylic oxidation sites excluding steroid dienone is 3. The summed E-state index contributed by atoms with van der Waals surface area (Å²) in [6.45, 7) is 9.05. The highest BCUT2D eigenvalue weighted by molar-refractivity contribution is 6.99. The molecule has 0 bridgehead atoms. The van der Waals surface area contributed by atoms with Crippen LogP contribution in [0.3, 0.4) is 0 Å². The van der Waals surface area contributed by atoms with Crippen LogP contribution in [0.15, 0.2) is 85.0 Å². The Hall–Kier alpha value is -2.98. The minimum Gasteiger partial charge on any atom is -0.469 e. The average molecular weight is 725 g/mol. The SMILES string of the molecule is CCCCC(OC1CCCCO1)C(F)(F)/C=C/[C@H]1C(=O)C[C@H](O[Si](c2ccccc2)(c2ccccc2)C(C)(C)C)[C@@H]1C/C=C/CCCC(=O)OC. The van der Waals surface area contributed by atoms with Crippen molar-refractivity contribution in [2.45, 2.75) is 128 Å². The van der Waals surface area contributed by atoms with Crippen LogP contribution >= 0.6 is 0 Å². The maximum atomic E-state index is 16.1. The van der Waals surface area contributed by atoms with Gasteiger partial charge in [-0.15, -0.1) is 0 Å². The number of halogens is 2. The van der Waals surface area contributed by atoms with Gasteiger partial charge in [-0.1, -0.05) is 119 Å². The number of alkyl halides is 2. The van der Waals surface area contributed by atoms with Crippen LogP contribution < -0.4 is 10.4 Å². The first-order valence-electron chi connectivity index (χ1n) is 18.8. The highest BCUT2D eigenvalue weighted by Gasteiger charge is 2.54. The normalized spacial score (nSPS) is 22.5. The minimum absolute atomic E-state index is 0.101. The zero-order chi connectivity index (χ0) is 36.9. The molecule has 4 rings (SSSR count). The maximum absolute atomic E-state index is 16.1. The molecule has 0 amide bonds. The molecule has 1 aliphatic heterocycles. The fourth-order valence-corrected chi connectivity index (χ4v) is 12.2. The highest BCUT2D eigenvalue weighted by atomic mass is 28.4. The molecule has 9 heteroatoms. The van der Waals surface area contributed by atoms with Gasteiger partial charge in [-0.3, -0.25) is 9.59 Å². The maximum Gasteiger partial charge on any atom is 0.305 e. The molecule has 2 aromatic carbocycles. The number of hydrogen-bond donors (Lipinski definition) is 0. The van der Waals surface area contributed by atoms with Crippen LogP contribution in [-0.2, 0) is 28.2 Å². The van der Waals surface area contributed by atoms with Crippen LogP contribution in [0, 0.1) is 11.8 Å². The molecule has 2 unspecified atom stereocenters. The Morgan fingerprint density at radius 3 is 2.24 bits per heavy atom. The molecule has 1 saturated carbocycles. The summed E-state index contributed by atoms with van der Waals surface area (Å²) >= 11 is 0. The summed E-state index contributed by atoms with van der Waals surface area (Å²) < 4.78 is 55.9. The van der Waals surface area contributed by atoms with Crippen molar-refractivity contribution in [1.82, 2.24) is 0 Å². The van der Waals surface area contributed by atoms with Crippen LogP contribution in [0.1, 0.15) is 98.3 Å². The van der Waals surface area contributed by atoms with Gasteiger partial charge in [0.15, 0.2) is 6.29 Å². The van der Waals surface area contributed by atoms with Crippen molar-refractivity contribution in [2.24, 2.45) is 11.8 Å². The molecule has 280 valence electrons. The van der Waals surface area contributed by atoms with Crippen LogP contribution in [0.4, 0.5) is 8.78 Å². The zero-order valence-electron chi connectivity index (χ0n) is 31.2. The number of ether oxygens (including phenoxy) is 3. The Morgan fingerprint density at radius 2 is 1.67 bits per heavy atom. The molecule has 1 heterocycles. The smallest absolute Gasteiger partial charge is 0.305 e. The van der Waals surface area contributed by atoms with E-state index in [2.05, 4.69) is 45.0 Å². The summed E-state index contributed by atoms with van der Waals surface area (Å²) in [5, 5.41) is 1.87. The third-order valence-corrected chi connectivity index (χ3v) is 15.3. The number of esters is 1. The lowest BCUT2D eigenvalue weighted by molar-refractivity contribution is -0.229. The van der Waals surface area contributed by atoms with Gasteiger partial charge in [0.25, 0.3) is 14.2 Å². The number of methoxy groups -OCH3 is 1. The van der Waals surface area contributed by atoms with Gasteiger partial charge < -0.3 is 18.6 Å². The summed E-state index contributed by atoms with van der Waals surface area (Å²) in [5.74, 6) is -4.76.